The number of aromatic nitrogens is 1. The van der Waals surface area contributed by atoms with E-state index in [0.29, 0.717) is 18.4 Å². The Morgan fingerprint density at radius 3 is 2.58 bits per heavy atom. The lowest BCUT2D eigenvalue weighted by atomic mass is 9.83. The summed E-state index contributed by atoms with van der Waals surface area (Å²) in [6.45, 7) is 1.57. The van der Waals surface area contributed by atoms with Gasteiger partial charge in [0.15, 0.2) is 6.10 Å². The molecule has 6 nitrogen and oxygen atoms in total. The number of amides is 1. The third-order valence-corrected chi connectivity index (χ3v) is 6.56. The second-order valence-corrected chi connectivity index (χ2v) is 8.78. The molecule has 1 aromatic heterocycles. The summed E-state index contributed by atoms with van der Waals surface area (Å²) in [6, 6.07) is 9.88. The fraction of sp³-hybridized carbons (Fsp3) is 0.520. The van der Waals surface area contributed by atoms with Gasteiger partial charge in [0.1, 0.15) is 5.54 Å². The predicted octanol–water partition coefficient (Wildman–Crippen LogP) is 4.39. The number of nitrogens with one attached hydrogen (secondary N) is 1. The van der Waals surface area contributed by atoms with Crippen LogP contribution in [-0.2, 0) is 22.4 Å². The summed E-state index contributed by atoms with van der Waals surface area (Å²) in [4.78, 5) is 30.9. The molecule has 1 saturated carbocycles. The maximum Gasteiger partial charge on any atom is 0.339 e. The number of rotatable bonds is 4. The number of ether oxygens (including phenoxy) is 1. The average Bonchev–Trinajstić information content (AvgIpc) is 3.03. The van der Waals surface area contributed by atoms with E-state index in [1.807, 2.05) is 24.3 Å². The van der Waals surface area contributed by atoms with Gasteiger partial charge in [0.05, 0.1) is 17.1 Å². The number of pyridine rings is 1. The highest BCUT2D eigenvalue weighted by Crippen LogP contribution is 2.30. The number of fused-ring (bicyclic) bond motifs is 2. The van der Waals surface area contributed by atoms with Crippen LogP contribution in [0.4, 0.5) is 0 Å². The maximum atomic E-state index is 13.3. The van der Waals surface area contributed by atoms with Gasteiger partial charge >= 0.3 is 5.97 Å². The Morgan fingerprint density at radius 2 is 1.81 bits per heavy atom. The lowest BCUT2D eigenvalue weighted by Crippen LogP contribution is -2.52. The Hall–Kier alpha value is -2.94. The van der Waals surface area contributed by atoms with Crippen LogP contribution < -0.4 is 5.32 Å². The molecule has 1 fully saturated rings. The number of benzene rings is 1. The zero-order chi connectivity index (χ0) is 21.8. The predicted molar refractivity (Wildman–Crippen MR) is 117 cm³/mol. The average molecular weight is 420 g/mol. The molecule has 31 heavy (non-hydrogen) atoms. The van der Waals surface area contributed by atoms with E-state index in [0.717, 1.165) is 73.5 Å². The van der Waals surface area contributed by atoms with Crippen molar-refractivity contribution in [3.05, 3.63) is 41.1 Å². The molecule has 162 valence electrons. The Kier molecular flexibility index (Phi) is 6.22. The Bertz CT molecular complexity index is 1030. The van der Waals surface area contributed by atoms with Crippen molar-refractivity contribution in [3.63, 3.8) is 0 Å². The van der Waals surface area contributed by atoms with Crippen molar-refractivity contribution in [1.82, 2.24) is 10.3 Å². The standard InChI is InChI=1S/C25H29N3O3/c1-17(23(29)28-25(16-26)14-8-3-9-15-25)31-24(30)22-18-10-4-2-5-12-20(18)27-21-13-7-6-11-19(21)22/h6-7,11,13,17H,2-5,8-10,12,14-15H2,1H3,(H,28,29). The Labute approximate surface area is 183 Å². The van der Waals surface area contributed by atoms with E-state index in [1.165, 1.54) is 0 Å². The zero-order valence-electron chi connectivity index (χ0n) is 18.1. The van der Waals surface area contributed by atoms with Crippen LogP contribution in [0, 0.1) is 11.3 Å². The molecule has 1 N–H and O–H groups in total. The summed E-state index contributed by atoms with van der Waals surface area (Å²) in [5.74, 6) is -0.907. The quantitative estimate of drug-likeness (QED) is 0.586. The topological polar surface area (TPSA) is 92.1 Å². The van der Waals surface area contributed by atoms with Gasteiger partial charge in [0, 0.05) is 11.1 Å². The lowest BCUT2D eigenvalue weighted by molar-refractivity contribution is -0.130. The van der Waals surface area contributed by atoms with E-state index in [-0.39, 0.29) is 0 Å². The van der Waals surface area contributed by atoms with Crippen LogP contribution in [0.3, 0.4) is 0 Å². The number of carbonyl (C=O) groups is 2. The number of esters is 1. The molecular formula is C25H29N3O3. The zero-order valence-corrected chi connectivity index (χ0v) is 18.1. The SMILES string of the molecule is CC(OC(=O)c1c2c(nc3ccccc13)CCCCC2)C(=O)NC1(C#N)CCCCC1. The minimum atomic E-state index is -0.979. The number of carbonyl (C=O) groups excluding carboxylic acids is 2. The van der Waals surface area contributed by atoms with Gasteiger partial charge < -0.3 is 10.1 Å². The molecule has 2 aliphatic carbocycles. The summed E-state index contributed by atoms with van der Waals surface area (Å²) >= 11 is 0. The third-order valence-electron chi connectivity index (χ3n) is 6.56. The molecule has 1 heterocycles. The number of nitriles is 1. The van der Waals surface area contributed by atoms with Crippen molar-refractivity contribution < 1.29 is 14.3 Å². The van der Waals surface area contributed by atoms with Crippen molar-refractivity contribution in [2.75, 3.05) is 0 Å². The second-order valence-electron chi connectivity index (χ2n) is 8.78. The van der Waals surface area contributed by atoms with E-state index >= 15 is 0 Å². The Morgan fingerprint density at radius 1 is 1.10 bits per heavy atom. The highest BCUT2D eigenvalue weighted by Gasteiger charge is 2.36. The maximum absolute atomic E-state index is 13.3. The fourth-order valence-corrected chi connectivity index (χ4v) is 4.81. The number of hydrogen-bond acceptors (Lipinski definition) is 5. The van der Waals surface area contributed by atoms with Crippen LogP contribution in [-0.4, -0.2) is 28.5 Å². The molecule has 2 aliphatic rings. The van der Waals surface area contributed by atoms with Crippen LogP contribution >= 0.6 is 0 Å². The van der Waals surface area contributed by atoms with Gasteiger partial charge in [-0.15, -0.1) is 0 Å². The van der Waals surface area contributed by atoms with Crippen molar-refractivity contribution in [2.45, 2.75) is 82.8 Å². The molecular weight excluding hydrogens is 390 g/mol. The first kappa shape index (κ1) is 21.3. The van der Waals surface area contributed by atoms with E-state index in [9.17, 15) is 14.9 Å². The van der Waals surface area contributed by atoms with Crippen LogP contribution in [0.1, 0.15) is 79.9 Å². The van der Waals surface area contributed by atoms with Gasteiger partial charge in [-0.05, 0) is 57.1 Å². The highest BCUT2D eigenvalue weighted by molar-refractivity contribution is 6.05. The van der Waals surface area contributed by atoms with Gasteiger partial charge in [0.25, 0.3) is 5.91 Å². The fourth-order valence-electron chi connectivity index (χ4n) is 4.81. The normalized spacial score (nSPS) is 18.8. The van der Waals surface area contributed by atoms with Gasteiger partial charge in [-0.3, -0.25) is 9.78 Å². The summed E-state index contributed by atoms with van der Waals surface area (Å²) in [5, 5.41) is 13.3. The van der Waals surface area contributed by atoms with Gasteiger partial charge in [-0.2, -0.15) is 5.26 Å². The molecule has 1 aromatic carbocycles. The first-order valence-electron chi connectivity index (χ1n) is 11.4. The van der Waals surface area contributed by atoms with Crippen LogP contribution in [0.5, 0.6) is 0 Å². The molecule has 0 spiro atoms. The van der Waals surface area contributed by atoms with Crippen LogP contribution in [0.2, 0.25) is 0 Å². The molecule has 1 amide bonds. The first-order chi connectivity index (χ1) is 15.0. The molecule has 0 saturated heterocycles. The van der Waals surface area contributed by atoms with E-state index in [4.69, 9.17) is 9.72 Å². The highest BCUT2D eigenvalue weighted by atomic mass is 16.5. The minimum absolute atomic E-state index is 0.416. The number of aryl methyl sites for hydroxylation is 1. The van der Waals surface area contributed by atoms with Crippen molar-refractivity contribution in [3.8, 4) is 6.07 Å². The van der Waals surface area contributed by atoms with Crippen molar-refractivity contribution >= 4 is 22.8 Å². The smallest absolute Gasteiger partial charge is 0.339 e. The molecule has 1 unspecified atom stereocenters. The minimum Gasteiger partial charge on any atom is -0.449 e. The summed E-state index contributed by atoms with van der Waals surface area (Å²) in [7, 11) is 0. The van der Waals surface area contributed by atoms with Gasteiger partial charge in [0.2, 0.25) is 0 Å². The molecule has 4 rings (SSSR count). The van der Waals surface area contributed by atoms with Crippen molar-refractivity contribution in [1.29, 1.82) is 5.26 Å². The van der Waals surface area contributed by atoms with Crippen molar-refractivity contribution in [2.24, 2.45) is 0 Å². The first-order valence-corrected chi connectivity index (χ1v) is 11.4. The van der Waals surface area contributed by atoms with E-state index < -0.39 is 23.5 Å². The number of para-hydroxylation sites is 1. The summed E-state index contributed by atoms with van der Waals surface area (Å²) in [6.07, 6.45) is 8.01. The summed E-state index contributed by atoms with van der Waals surface area (Å²) < 4.78 is 5.66. The summed E-state index contributed by atoms with van der Waals surface area (Å²) in [5.41, 5.74) is 2.38. The monoisotopic (exact) mass is 419 g/mol. The van der Waals surface area contributed by atoms with Crippen LogP contribution in [0.15, 0.2) is 24.3 Å². The van der Waals surface area contributed by atoms with Gasteiger partial charge in [-0.25, -0.2) is 4.79 Å². The molecule has 0 radical (unpaired) electrons. The van der Waals surface area contributed by atoms with E-state index in [1.54, 1.807) is 6.92 Å². The largest absolute Gasteiger partial charge is 0.449 e. The molecule has 1 atom stereocenters. The number of hydrogen-bond donors (Lipinski definition) is 1. The van der Waals surface area contributed by atoms with Gasteiger partial charge in [-0.1, -0.05) is 43.9 Å². The van der Waals surface area contributed by atoms with Crippen LogP contribution in [0.25, 0.3) is 10.9 Å². The number of nitrogens with zero attached hydrogens (tertiary/aromatic N) is 2. The molecule has 2 aromatic rings. The third kappa shape index (κ3) is 4.41. The lowest BCUT2D eigenvalue weighted by Gasteiger charge is -2.32. The molecule has 6 heteroatoms. The Balaban J connectivity index is 1.59. The van der Waals surface area contributed by atoms with E-state index in [2.05, 4.69) is 11.4 Å². The second kappa shape index (κ2) is 9.05. The molecule has 0 bridgehead atoms. The molecule has 0 aliphatic heterocycles.